The molecule has 1 unspecified atom stereocenters. The molecule has 1 atom stereocenters. The van der Waals surface area contributed by atoms with Gasteiger partial charge in [0.2, 0.25) is 0 Å². The van der Waals surface area contributed by atoms with E-state index >= 15 is 0 Å². The van der Waals surface area contributed by atoms with E-state index in [2.05, 4.69) is 4.84 Å². The largest absolute Gasteiger partial charge is 0.413 e. The first kappa shape index (κ1) is 15.6. The van der Waals surface area contributed by atoms with Gasteiger partial charge in [-0.3, -0.25) is 4.84 Å². The van der Waals surface area contributed by atoms with E-state index in [0.717, 1.165) is 0 Å². The van der Waals surface area contributed by atoms with Crippen LogP contribution < -0.4 is 5.48 Å². The molecule has 0 amide bonds. The molecule has 0 aromatic heterocycles. The number of halogens is 3. The molecule has 0 bridgehead atoms. The summed E-state index contributed by atoms with van der Waals surface area (Å²) >= 11 is 0. The van der Waals surface area contributed by atoms with Crippen molar-refractivity contribution in [2.75, 3.05) is 19.8 Å². The molecule has 0 heterocycles. The van der Waals surface area contributed by atoms with Crippen molar-refractivity contribution < 1.29 is 27.9 Å². The van der Waals surface area contributed by atoms with Crippen molar-refractivity contribution in [3.63, 3.8) is 0 Å². The van der Waals surface area contributed by atoms with Gasteiger partial charge in [-0.25, -0.2) is 0 Å². The zero-order valence-corrected chi connectivity index (χ0v) is 9.60. The van der Waals surface area contributed by atoms with Crippen molar-refractivity contribution in [2.24, 2.45) is 0 Å². The smallest absolute Gasteiger partial charge is 0.389 e. The van der Waals surface area contributed by atoms with Crippen molar-refractivity contribution in [3.05, 3.63) is 0 Å². The number of ether oxygens (including phenoxy) is 1. The third-order valence-electron chi connectivity index (χ3n) is 1.37. The van der Waals surface area contributed by atoms with Gasteiger partial charge in [0.05, 0.1) is 18.3 Å². The minimum Gasteiger partial charge on any atom is -0.389 e. The topological polar surface area (TPSA) is 50.7 Å². The Hall–Kier alpha value is -0.370. The van der Waals surface area contributed by atoms with Gasteiger partial charge < -0.3 is 9.84 Å². The van der Waals surface area contributed by atoms with Crippen molar-refractivity contribution >= 4 is 0 Å². The number of hydrogen-bond donors (Lipinski definition) is 2. The highest BCUT2D eigenvalue weighted by Crippen LogP contribution is 2.13. The lowest BCUT2D eigenvalue weighted by molar-refractivity contribution is -0.192. The van der Waals surface area contributed by atoms with Gasteiger partial charge in [0, 0.05) is 6.54 Å². The van der Waals surface area contributed by atoms with E-state index in [9.17, 15) is 18.3 Å². The fourth-order valence-electron chi connectivity index (χ4n) is 0.693. The van der Waals surface area contributed by atoms with Crippen LogP contribution in [0.4, 0.5) is 13.2 Å². The highest BCUT2D eigenvalue weighted by atomic mass is 19.4. The summed E-state index contributed by atoms with van der Waals surface area (Å²) in [5.74, 6) is 0. The van der Waals surface area contributed by atoms with Gasteiger partial charge in [-0.15, -0.1) is 0 Å². The third-order valence-corrected chi connectivity index (χ3v) is 1.37. The SMILES string of the molecule is CC(C)(C)OCC(O)CNOCC(F)(F)F. The summed E-state index contributed by atoms with van der Waals surface area (Å²) in [7, 11) is 0. The van der Waals surface area contributed by atoms with Crippen LogP contribution in [0.5, 0.6) is 0 Å². The van der Waals surface area contributed by atoms with Crippen molar-refractivity contribution in [1.82, 2.24) is 5.48 Å². The molecule has 0 saturated heterocycles. The highest BCUT2D eigenvalue weighted by Gasteiger charge is 2.27. The molecule has 2 N–H and O–H groups in total. The Morgan fingerprint density at radius 3 is 2.25 bits per heavy atom. The Morgan fingerprint density at radius 2 is 1.81 bits per heavy atom. The summed E-state index contributed by atoms with van der Waals surface area (Å²) in [4.78, 5) is 4.11. The summed E-state index contributed by atoms with van der Waals surface area (Å²) < 4.78 is 40.1. The quantitative estimate of drug-likeness (QED) is 0.546. The number of aliphatic hydroxyl groups is 1. The van der Waals surface area contributed by atoms with Crippen LogP contribution in [0.15, 0.2) is 0 Å². The average Bonchev–Trinajstić information content (AvgIpc) is 2.06. The lowest BCUT2D eigenvalue weighted by atomic mass is 10.2. The monoisotopic (exact) mass is 245 g/mol. The average molecular weight is 245 g/mol. The van der Waals surface area contributed by atoms with Gasteiger partial charge in [0.15, 0.2) is 6.61 Å². The Balaban J connectivity index is 3.48. The first-order chi connectivity index (χ1) is 7.10. The Kier molecular flexibility index (Phi) is 6.24. The fraction of sp³-hybridized carbons (Fsp3) is 1.00. The van der Waals surface area contributed by atoms with E-state index in [1.165, 1.54) is 0 Å². The standard InChI is InChI=1S/C9H18F3NO3/c1-8(2,3)15-5-7(14)4-13-16-6-9(10,11)12/h7,13-14H,4-6H2,1-3H3. The fourth-order valence-corrected chi connectivity index (χ4v) is 0.693. The van der Waals surface area contributed by atoms with Crippen LogP contribution in [-0.4, -0.2) is 42.7 Å². The van der Waals surface area contributed by atoms with Gasteiger partial charge in [-0.05, 0) is 20.8 Å². The van der Waals surface area contributed by atoms with Crippen LogP contribution in [0.1, 0.15) is 20.8 Å². The van der Waals surface area contributed by atoms with Crippen LogP contribution in [0, 0.1) is 0 Å². The number of hydroxylamine groups is 1. The summed E-state index contributed by atoms with van der Waals surface area (Å²) in [6.07, 6.45) is -5.28. The number of aliphatic hydroxyl groups excluding tert-OH is 1. The summed E-state index contributed by atoms with van der Waals surface area (Å²) in [5, 5.41) is 9.29. The van der Waals surface area contributed by atoms with Crippen LogP contribution >= 0.6 is 0 Å². The maximum atomic E-state index is 11.6. The molecule has 98 valence electrons. The van der Waals surface area contributed by atoms with Crippen LogP contribution in [0.3, 0.4) is 0 Å². The minimum atomic E-state index is -4.38. The molecule has 0 rings (SSSR count). The molecule has 0 fully saturated rings. The van der Waals surface area contributed by atoms with E-state index in [1.54, 1.807) is 0 Å². The zero-order valence-electron chi connectivity index (χ0n) is 9.60. The molecular formula is C9H18F3NO3. The number of alkyl halides is 3. The second-order valence-corrected chi connectivity index (χ2v) is 4.33. The van der Waals surface area contributed by atoms with E-state index in [0.29, 0.717) is 0 Å². The highest BCUT2D eigenvalue weighted by molar-refractivity contribution is 4.62. The Labute approximate surface area is 92.7 Å². The second kappa shape index (κ2) is 6.39. The maximum Gasteiger partial charge on any atom is 0.413 e. The van der Waals surface area contributed by atoms with Crippen molar-refractivity contribution in [1.29, 1.82) is 0 Å². The molecule has 16 heavy (non-hydrogen) atoms. The molecular weight excluding hydrogens is 227 g/mol. The Morgan fingerprint density at radius 1 is 1.25 bits per heavy atom. The summed E-state index contributed by atoms with van der Waals surface area (Å²) in [6, 6.07) is 0. The number of hydrogen-bond acceptors (Lipinski definition) is 4. The van der Waals surface area contributed by atoms with E-state index in [-0.39, 0.29) is 13.2 Å². The predicted octanol–water partition coefficient (Wildman–Crippen LogP) is 1.25. The van der Waals surface area contributed by atoms with Crippen LogP contribution in [0.25, 0.3) is 0 Å². The molecule has 0 aliphatic heterocycles. The molecule has 0 aromatic carbocycles. The molecule has 0 aliphatic carbocycles. The van der Waals surface area contributed by atoms with Gasteiger partial charge >= 0.3 is 6.18 Å². The van der Waals surface area contributed by atoms with Crippen LogP contribution in [-0.2, 0) is 9.57 Å². The van der Waals surface area contributed by atoms with Gasteiger partial charge in [0.25, 0.3) is 0 Å². The number of rotatable bonds is 6. The van der Waals surface area contributed by atoms with Gasteiger partial charge in [0.1, 0.15) is 0 Å². The zero-order chi connectivity index (χ0) is 12.8. The van der Waals surface area contributed by atoms with Gasteiger partial charge in [-0.1, -0.05) is 0 Å². The third kappa shape index (κ3) is 11.7. The van der Waals surface area contributed by atoms with E-state index < -0.39 is 24.5 Å². The summed E-state index contributed by atoms with van der Waals surface area (Å²) in [5.41, 5.74) is 1.63. The maximum absolute atomic E-state index is 11.6. The van der Waals surface area contributed by atoms with E-state index in [1.807, 2.05) is 26.3 Å². The normalized spacial score (nSPS) is 15.2. The molecule has 0 saturated carbocycles. The lowest BCUT2D eigenvalue weighted by Gasteiger charge is -2.22. The van der Waals surface area contributed by atoms with Crippen LogP contribution in [0.2, 0.25) is 0 Å². The Bertz CT molecular complexity index is 191. The lowest BCUT2D eigenvalue weighted by Crippen LogP contribution is -2.35. The minimum absolute atomic E-state index is 0.0336. The predicted molar refractivity (Wildman–Crippen MR) is 51.7 cm³/mol. The van der Waals surface area contributed by atoms with Crippen molar-refractivity contribution in [3.8, 4) is 0 Å². The van der Waals surface area contributed by atoms with Gasteiger partial charge in [-0.2, -0.15) is 18.7 Å². The second-order valence-electron chi connectivity index (χ2n) is 4.33. The van der Waals surface area contributed by atoms with Crippen molar-refractivity contribution in [2.45, 2.75) is 38.7 Å². The summed E-state index contributed by atoms with van der Waals surface area (Å²) in [6.45, 7) is 3.96. The first-order valence-corrected chi connectivity index (χ1v) is 4.83. The molecule has 4 nitrogen and oxygen atoms in total. The molecule has 0 aliphatic rings. The molecule has 0 spiro atoms. The molecule has 7 heteroatoms. The van der Waals surface area contributed by atoms with E-state index in [4.69, 9.17) is 4.74 Å². The number of nitrogens with one attached hydrogen (secondary N) is 1. The first-order valence-electron chi connectivity index (χ1n) is 4.83. The molecule has 0 radical (unpaired) electrons. The molecule has 0 aromatic rings.